The van der Waals surface area contributed by atoms with Crippen molar-refractivity contribution in [1.82, 2.24) is 0 Å². The summed E-state index contributed by atoms with van der Waals surface area (Å²) >= 11 is 0. The molecule has 15 heteroatoms. The molecule has 3 radical (unpaired) electrons. The zero-order valence-corrected chi connectivity index (χ0v) is 81.6. The van der Waals surface area contributed by atoms with E-state index in [-0.39, 0.29) is 127 Å². The fraction of sp³-hybridized carbons (Fsp3) is 0. The average Bonchev–Trinajstić information content (AvgIpc) is 1.12. The molecular formula is C121H72N3O9Y3-3. The third kappa shape index (κ3) is 16.2. The Kier molecular flexibility index (Phi) is 25.6. The second-order valence-corrected chi connectivity index (χ2v) is 33.1. The molecular weight excluding hydrogens is 1910 g/mol. The zero-order chi connectivity index (χ0) is 91.1. The predicted molar refractivity (Wildman–Crippen MR) is 538 cm³/mol. The van der Waals surface area contributed by atoms with E-state index in [1.54, 1.807) is 6.07 Å². The molecule has 20 aromatic carbocycles. The van der Waals surface area contributed by atoms with Crippen LogP contribution >= 0.6 is 0 Å². The Morgan fingerprint density at radius 2 is 0.419 bits per heavy atom. The predicted octanol–water partition coefficient (Wildman–Crippen LogP) is 30.2. The van der Waals surface area contributed by atoms with Gasteiger partial charge >= 0.3 is 0 Å². The maximum atomic E-state index is 12.9. The molecule has 0 bridgehead atoms. The third-order valence-electron chi connectivity index (χ3n) is 25.4. The summed E-state index contributed by atoms with van der Waals surface area (Å²) in [4.78, 5) is 111. The standard InChI is InChI=1S/C23H14O.2C22H12O2.C19H12O.2C13H9NO.C9H7NO.3Y/c1-14-17-12-10-15-6-2-4-8-18(15)21(17)22-19-9-5-3-7-16(19)11-13-20(22)23(14)24;23-21-19-11-15-7-3-1-5-13(15)9-17(19)18-10-14-6-2-4-8-16(14)12-20(18)22(21)24;23-21-19-15-7-3-1-5-13(15)9-11-17(19)18-12-10-14-6-2-4-8-16(14)20(18)22(21)24;1-12-14-11-10-13-6-2-3-7-15(13)18(14)16-8-4-5-9-17(16)19(12)20;1-8-13(15)11-6-9-4-2-3-5-10(9)7-12(11)14-8;1-8-13(15)12-10-5-3-2-4-9(10)6-7-11(12)14-8;1-6-9(11)7-4-2-3-5-8(7)10-6;;;/h2-13H,1H2;2*1-12H;2-11H,1H2;2*2-7H,1H2,(H,14,15);2-5H,1H2,(H,10,11);;;/p-3. The van der Waals surface area contributed by atoms with Crippen LogP contribution in [-0.2, 0) is 98.1 Å². The van der Waals surface area contributed by atoms with Crippen molar-refractivity contribution in [3.63, 3.8) is 0 Å². The van der Waals surface area contributed by atoms with Gasteiger partial charge in [0.25, 0.3) is 0 Å². The second-order valence-electron chi connectivity index (χ2n) is 33.1. The molecule has 7 aliphatic rings. The number of ketones is 9. The van der Waals surface area contributed by atoms with Gasteiger partial charge in [-0.2, -0.15) is 0 Å². The van der Waals surface area contributed by atoms with Gasteiger partial charge in [0.1, 0.15) is 0 Å². The molecule has 3 aliphatic heterocycles. The number of nitrogens with zero attached hydrogens (tertiary/aromatic N) is 3. The van der Waals surface area contributed by atoms with Gasteiger partial charge in [-0.3, -0.25) is 43.2 Å². The number of rotatable bonds is 0. The first kappa shape index (κ1) is 91.7. The van der Waals surface area contributed by atoms with Gasteiger partial charge in [0.05, 0.1) is 0 Å². The number of hydrogen-bond donors (Lipinski definition) is 0. The van der Waals surface area contributed by atoms with Gasteiger partial charge in [-0.1, -0.05) is 370 Å². The van der Waals surface area contributed by atoms with Gasteiger partial charge in [-0.05, 0) is 183 Å². The topological polar surface area (TPSA) is 196 Å². The number of carbonyl (C=O) groups is 9. The van der Waals surface area contributed by atoms with Crippen LogP contribution in [0.4, 0.5) is 17.1 Å². The molecule has 0 N–H and O–H groups in total. The molecule has 0 unspecified atom stereocenters. The minimum Gasteiger partial charge on any atom is -0.655 e. The van der Waals surface area contributed by atoms with Crippen LogP contribution in [0.1, 0.15) is 104 Å². The Balaban J connectivity index is 0.000000107. The van der Waals surface area contributed by atoms with Crippen LogP contribution in [0.15, 0.2) is 426 Å². The second kappa shape index (κ2) is 37.9. The first-order valence-electron chi connectivity index (χ1n) is 43.2. The van der Waals surface area contributed by atoms with E-state index >= 15 is 0 Å². The minimum absolute atomic E-state index is 0. The first-order valence-corrected chi connectivity index (χ1v) is 43.2. The quantitative estimate of drug-likeness (QED) is 0.105. The Hall–Kier alpha value is -14.8. The maximum Gasteiger partial charge on any atom is 0.234 e. The SMILES string of the molecule is C=C1C(=O)c2ccc3ccccc3c2-c2c1ccc1ccccc21.C=C1C(=O)c2ccccc2-c2c1ccc1ccccc21.C=C1[N-]c2cc3ccccc3cc2C1=O.C=C1[N-]c2ccc3ccccc3c2C1=O.C=C1[N-]c2ccccc2C1=O.O=C1C(=O)c2c(ccc3ccccc23)-c2ccc3ccccc3c21.O=C1C(=O)c2cc3ccccc3cc2-c2cc3ccccc3cc21.[Y].[Y].[Y]. The Labute approximate surface area is 857 Å². The van der Waals surface area contributed by atoms with Crippen molar-refractivity contribution in [2.24, 2.45) is 0 Å². The molecule has 0 saturated carbocycles. The number of carbonyl (C=O) groups excluding carboxylic acids is 9. The van der Waals surface area contributed by atoms with Gasteiger partial charge in [-0.15, -0.1) is 36.8 Å². The van der Waals surface area contributed by atoms with Crippen molar-refractivity contribution in [2.45, 2.75) is 0 Å². The summed E-state index contributed by atoms with van der Waals surface area (Å²) in [7, 11) is 0. The molecule has 12 nitrogen and oxygen atoms in total. The van der Waals surface area contributed by atoms with Crippen LogP contribution in [0.25, 0.3) is 169 Å². The van der Waals surface area contributed by atoms with Crippen molar-refractivity contribution in [2.75, 3.05) is 0 Å². The van der Waals surface area contributed by atoms with Crippen LogP contribution in [0, 0.1) is 0 Å². The van der Waals surface area contributed by atoms with Crippen molar-refractivity contribution in [1.29, 1.82) is 0 Å². The van der Waals surface area contributed by atoms with Gasteiger partial charge in [0, 0.05) is 165 Å². The summed E-state index contributed by atoms with van der Waals surface area (Å²) in [6.45, 7) is 18.9. The van der Waals surface area contributed by atoms with Crippen molar-refractivity contribution < 1.29 is 141 Å². The average molecular weight is 1980 g/mol. The largest absolute Gasteiger partial charge is 0.655 e. The van der Waals surface area contributed by atoms with Gasteiger partial charge < -0.3 is 16.0 Å². The van der Waals surface area contributed by atoms with Crippen molar-refractivity contribution in [3.8, 4) is 44.5 Å². The van der Waals surface area contributed by atoms with Gasteiger partial charge in [-0.25, -0.2) is 0 Å². The zero-order valence-electron chi connectivity index (χ0n) is 73.1. The molecule has 27 rings (SSSR count). The molecule has 0 saturated heterocycles. The van der Waals surface area contributed by atoms with Crippen LogP contribution in [0.5, 0.6) is 0 Å². The van der Waals surface area contributed by atoms with Crippen molar-refractivity contribution >= 4 is 177 Å². The summed E-state index contributed by atoms with van der Waals surface area (Å²) in [5.74, 6) is -1.77. The number of hydrogen-bond acceptors (Lipinski definition) is 9. The normalized spacial score (nSPS) is 13.2. The fourth-order valence-corrected chi connectivity index (χ4v) is 19.0. The summed E-state index contributed by atoms with van der Waals surface area (Å²) < 4.78 is 0. The minimum atomic E-state index is -0.418. The number of allylic oxidation sites excluding steroid dienone is 5. The van der Waals surface area contributed by atoms with Gasteiger partial charge in [0.2, 0.25) is 23.1 Å². The van der Waals surface area contributed by atoms with E-state index in [1.165, 1.54) is 21.5 Å². The number of benzene rings is 20. The number of fused-ring (bicyclic) bond motifs is 30. The van der Waals surface area contributed by atoms with Crippen molar-refractivity contribution in [3.05, 3.63) is 503 Å². The maximum absolute atomic E-state index is 12.9. The molecule has 0 aromatic heterocycles. The van der Waals surface area contributed by atoms with Gasteiger partial charge in [0.15, 0.2) is 28.9 Å². The van der Waals surface area contributed by atoms with E-state index in [1.807, 2.05) is 322 Å². The van der Waals surface area contributed by atoms with Crippen LogP contribution < -0.4 is 0 Å². The molecule has 3 heterocycles. The molecule has 0 amide bonds. The van der Waals surface area contributed by atoms with E-state index in [9.17, 15) is 43.2 Å². The first-order chi connectivity index (χ1) is 64.8. The smallest absolute Gasteiger partial charge is 0.234 e. The van der Waals surface area contributed by atoms with Crippen LogP contribution in [-0.4, -0.2) is 52.0 Å². The van der Waals surface area contributed by atoms with E-state index in [4.69, 9.17) is 0 Å². The Morgan fingerprint density at radius 3 is 0.846 bits per heavy atom. The molecule has 0 spiro atoms. The molecule has 0 fully saturated rings. The summed E-state index contributed by atoms with van der Waals surface area (Å²) in [6.07, 6.45) is 0. The molecule has 0 atom stereocenters. The molecule has 136 heavy (non-hydrogen) atoms. The number of Topliss-reactive ketones (excluding diaryl/α,β-unsaturated/α-hetero) is 9. The Bertz CT molecular complexity index is 8450. The number of para-hydroxylation sites is 1. The molecule has 637 valence electrons. The van der Waals surface area contributed by atoms with E-state index < -0.39 is 23.1 Å². The van der Waals surface area contributed by atoms with E-state index in [0.29, 0.717) is 67.2 Å². The summed E-state index contributed by atoms with van der Waals surface area (Å²) in [6, 6.07) is 122. The summed E-state index contributed by atoms with van der Waals surface area (Å²) in [5.41, 5.74) is 19.6. The third-order valence-corrected chi connectivity index (χ3v) is 25.4. The monoisotopic (exact) mass is 1980 g/mol. The Morgan fingerprint density at radius 1 is 0.147 bits per heavy atom. The van der Waals surface area contributed by atoms with E-state index in [0.717, 1.165) is 159 Å². The van der Waals surface area contributed by atoms with Crippen LogP contribution in [0.2, 0.25) is 0 Å². The van der Waals surface area contributed by atoms with Crippen LogP contribution in [0.3, 0.4) is 0 Å². The molecule has 4 aliphatic carbocycles. The molecule has 20 aromatic rings. The fourth-order valence-electron chi connectivity index (χ4n) is 19.0. The van der Waals surface area contributed by atoms with E-state index in [2.05, 4.69) is 97.4 Å². The summed E-state index contributed by atoms with van der Waals surface area (Å²) in [5, 5.41) is 31.1.